The smallest absolute Gasteiger partial charge is 0.119 e. The van der Waals surface area contributed by atoms with E-state index < -0.39 is 0 Å². The highest BCUT2D eigenvalue weighted by atomic mass is 16.5. The maximum Gasteiger partial charge on any atom is 0.119 e. The van der Waals surface area contributed by atoms with Crippen molar-refractivity contribution in [1.29, 1.82) is 0 Å². The van der Waals surface area contributed by atoms with Crippen LogP contribution in [0.1, 0.15) is 24.1 Å². The summed E-state index contributed by atoms with van der Waals surface area (Å²) in [6, 6.07) is 16.3. The minimum Gasteiger partial charge on any atom is -0.497 e. The monoisotopic (exact) mass is 285 g/mol. The quantitative estimate of drug-likeness (QED) is 0.848. The van der Waals surface area contributed by atoms with E-state index >= 15 is 0 Å². The number of anilines is 1. The van der Waals surface area contributed by atoms with Gasteiger partial charge in [-0.3, -0.25) is 0 Å². The Morgan fingerprint density at radius 1 is 1.05 bits per heavy atom. The minimum absolute atomic E-state index is 0.0731. The summed E-state index contributed by atoms with van der Waals surface area (Å²) in [5, 5.41) is 13.0. The zero-order valence-corrected chi connectivity index (χ0v) is 12.8. The molecule has 0 aliphatic heterocycles. The van der Waals surface area contributed by atoms with Crippen molar-refractivity contribution in [3.05, 3.63) is 59.7 Å². The van der Waals surface area contributed by atoms with Crippen molar-refractivity contribution < 1.29 is 9.84 Å². The number of aliphatic hydroxyl groups is 1. The van der Waals surface area contributed by atoms with Gasteiger partial charge in [0, 0.05) is 18.2 Å². The van der Waals surface area contributed by atoms with Crippen LogP contribution < -0.4 is 10.1 Å². The molecule has 0 aromatic heterocycles. The van der Waals surface area contributed by atoms with Crippen LogP contribution in [0.3, 0.4) is 0 Å². The molecule has 2 atom stereocenters. The van der Waals surface area contributed by atoms with Crippen LogP contribution in [0.2, 0.25) is 0 Å². The second-order valence-corrected chi connectivity index (χ2v) is 5.42. The fraction of sp³-hybridized carbons (Fsp3) is 0.333. The van der Waals surface area contributed by atoms with Gasteiger partial charge in [0.1, 0.15) is 5.75 Å². The predicted molar refractivity (Wildman–Crippen MR) is 86.8 cm³/mol. The molecule has 3 heteroatoms. The van der Waals surface area contributed by atoms with Gasteiger partial charge in [-0.2, -0.15) is 0 Å². The van der Waals surface area contributed by atoms with Crippen LogP contribution in [-0.2, 0) is 0 Å². The van der Waals surface area contributed by atoms with Crippen LogP contribution in [0.5, 0.6) is 5.75 Å². The van der Waals surface area contributed by atoms with Crippen LogP contribution in [-0.4, -0.2) is 18.8 Å². The van der Waals surface area contributed by atoms with Crippen LogP contribution in [0.4, 0.5) is 5.69 Å². The third-order valence-electron chi connectivity index (χ3n) is 3.71. The molecule has 2 aromatic carbocycles. The van der Waals surface area contributed by atoms with E-state index in [1.54, 1.807) is 7.11 Å². The van der Waals surface area contributed by atoms with Gasteiger partial charge in [0.25, 0.3) is 0 Å². The molecule has 2 N–H and O–H groups in total. The molecule has 3 nitrogen and oxygen atoms in total. The van der Waals surface area contributed by atoms with E-state index in [2.05, 4.69) is 36.5 Å². The summed E-state index contributed by atoms with van der Waals surface area (Å²) in [4.78, 5) is 0. The van der Waals surface area contributed by atoms with Gasteiger partial charge in [0.15, 0.2) is 0 Å². The first-order valence-corrected chi connectivity index (χ1v) is 7.22. The Bertz CT molecular complexity index is 548. The molecule has 112 valence electrons. The first-order valence-electron chi connectivity index (χ1n) is 7.22. The molecule has 21 heavy (non-hydrogen) atoms. The second-order valence-electron chi connectivity index (χ2n) is 5.42. The highest BCUT2D eigenvalue weighted by molar-refractivity contribution is 5.48. The summed E-state index contributed by atoms with van der Waals surface area (Å²) in [7, 11) is 1.66. The molecule has 0 amide bonds. The number of nitrogens with one attached hydrogen (secondary N) is 1. The highest BCUT2D eigenvalue weighted by Gasteiger charge is 2.18. The molecule has 2 aromatic rings. The van der Waals surface area contributed by atoms with E-state index in [1.807, 2.05) is 31.2 Å². The second kappa shape index (κ2) is 7.14. The average Bonchev–Trinajstić information content (AvgIpc) is 2.53. The molecule has 0 radical (unpaired) electrons. The van der Waals surface area contributed by atoms with Crippen molar-refractivity contribution >= 4 is 5.69 Å². The van der Waals surface area contributed by atoms with Crippen molar-refractivity contribution in [2.45, 2.75) is 19.9 Å². The zero-order valence-electron chi connectivity index (χ0n) is 12.8. The van der Waals surface area contributed by atoms with Crippen LogP contribution in [0.25, 0.3) is 0 Å². The number of rotatable bonds is 6. The molecule has 2 rings (SSSR count). The van der Waals surface area contributed by atoms with Gasteiger partial charge < -0.3 is 15.2 Å². The summed E-state index contributed by atoms with van der Waals surface area (Å²) >= 11 is 0. The average molecular weight is 285 g/mol. The molecule has 0 spiro atoms. The van der Waals surface area contributed by atoms with Gasteiger partial charge in [0.2, 0.25) is 0 Å². The summed E-state index contributed by atoms with van der Waals surface area (Å²) < 4.78 is 5.17. The van der Waals surface area contributed by atoms with E-state index in [9.17, 15) is 5.11 Å². The van der Waals surface area contributed by atoms with Gasteiger partial charge in [-0.15, -0.1) is 0 Å². The van der Waals surface area contributed by atoms with E-state index in [-0.39, 0.29) is 18.6 Å². The first-order chi connectivity index (χ1) is 10.1. The van der Waals surface area contributed by atoms with Crippen molar-refractivity contribution in [3.63, 3.8) is 0 Å². The zero-order chi connectivity index (χ0) is 15.2. The SMILES string of the molecule is COc1ccc(N[C@H](c2ccc(C)cc2)[C@H](C)CO)cc1. The minimum atomic E-state index is 0.0731. The molecule has 0 heterocycles. The van der Waals surface area contributed by atoms with Crippen molar-refractivity contribution in [2.24, 2.45) is 5.92 Å². The van der Waals surface area contributed by atoms with Crippen molar-refractivity contribution in [2.75, 3.05) is 19.0 Å². The molecule has 0 fully saturated rings. The molecule has 0 aliphatic rings. The van der Waals surface area contributed by atoms with Gasteiger partial charge in [0.05, 0.1) is 13.2 Å². The van der Waals surface area contributed by atoms with Gasteiger partial charge in [-0.1, -0.05) is 36.8 Å². The van der Waals surface area contributed by atoms with Crippen LogP contribution in [0.15, 0.2) is 48.5 Å². The fourth-order valence-corrected chi connectivity index (χ4v) is 2.30. The Balaban J connectivity index is 2.21. The number of hydrogen-bond donors (Lipinski definition) is 2. The molecule has 0 saturated heterocycles. The Morgan fingerprint density at radius 2 is 1.67 bits per heavy atom. The number of aliphatic hydroxyl groups excluding tert-OH is 1. The third kappa shape index (κ3) is 3.99. The lowest BCUT2D eigenvalue weighted by Gasteiger charge is -2.25. The summed E-state index contributed by atoms with van der Waals surface area (Å²) in [6.45, 7) is 4.26. The lowest BCUT2D eigenvalue weighted by molar-refractivity contribution is 0.222. The van der Waals surface area contributed by atoms with E-state index in [0.29, 0.717) is 0 Å². The largest absolute Gasteiger partial charge is 0.497 e. The van der Waals surface area contributed by atoms with E-state index in [0.717, 1.165) is 11.4 Å². The van der Waals surface area contributed by atoms with Crippen LogP contribution in [0, 0.1) is 12.8 Å². The Labute approximate surface area is 126 Å². The highest BCUT2D eigenvalue weighted by Crippen LogP contribution is 2.27. The van der Waals surface area contributed by atoms with Crippen molar-refractivity contribution in [1.82, 2.24) is 0 Å². The summed E-state index contributed by atoms with van der Waals surface area (Å²) in [5.41, 5.74) is 3.43. The number of hydrogen-bond acceptors (Lipinski definition) is 3. The maximum absolute atomic E-state index is 9.52. The lowest BCUT2D eigenvalue weighted by Crippen LogP contribution is -2.21. The molecular formula is C18H23NO2. The summed E-state index contributed by atoms with van der Waals surface area (Å²) in [5.74, 6) is 0.956. The number of methoxy groups -OCH3 is 1. The molecule has 0 aliphatic carbocycles. The lowest BCUT2D eigenvalue weighted by atomic mass is 9.94. The van der Waals surface area contributed by atoms with Crippen molar-refractivity contribution in [3.8, 4) is 5.75 Å². The predicted octanol–water partition coefficient (Wildman–Crippen LogP) is 3.79. The number of benzene rings is 2. The Kier molecular flexibility index (Phi) is 5.23. The molecule has 0 unspecified atom stereocenters. The Hall–Kier alpha value is -2.00. The summed E-state index contributed by atoms with van der Waals surface area (Å²) in [6.07, 6.45) is 0. The Morgan fingerprint density at radius 3 is 2.19 bits per heavy atom. The number of ether oxygens (including phenoxy) is 1. The van der Waals surface area contributed by atoms with E-state index in [1.165, 1.54) is 11.1 Å². The maximum atomic E-state index is 9.52. The molecule has 0 bridgehead atoms. The molecular weight excluding hydrogens is 262 g/mol. The van der Waals surface area contributed by atoms with Gasteiger partial charge in [-0.25, -0.2) is 0 Å². The van der Waals surface area contributed by atoms with Gasteiger partial charge in [-0.05, 0) is 36.8 Å². The third-order valence-corrected chi connectivity index (χ3v) is 3.71. The van der Waals surface area contributed by atoms with E-state index in [4.69, 9.17) is 4.74 Å². The topological polar surface area (TPSA) is 41.5 Å². The van der Waals surface area contributed by atoms with Crippen LogP contribution >= 0.6 is 0 Å². The standard InChI is InChI=1S/C18H23NO2/c1-13-4-6-15(7-5-13)18(14(2)12-20)19-16-8-10-17(21-3)11-9-16/h4-11,14,18-20H,12H2,1-3H3/t14-,18+/m1/s1. The fourth-order valence-electron chi connectivity index (χ4n) is 2.30. The number of aryl methyl sites for hydroxylation is 1. The normalized spacial score (nSPS) is 13.5. The first kappa shape index (κ1) is 15.4. The molecule has 0 saturated carbocycles. The van der Waals surface area contributed by atoms with Gasteiger partial charge >= 0.3 is 0 Å².